The van der Waals surface area contributed by atoms with E-state index in [9.17, 15) is 27.2 Å². The number of hydrogen-bond donors (Lipinski definition) is 0. The zero-order valence-electron chi connectivity index (χ0n) is 13.8. The van der Waals surface area contributed by atoms with Gasteiger partial charge in [0.2, 0.25) is 0 Å². The molecular weight excluding hydrogens is 380 g/mol. The minimum atomic E-state index is -4.83. The molecule has 26 heavy (non-hydrogen) atoms. The van der Waals surface area contributed by atoms with E-state index in [-0.39, 0.29) is 10.6 Å². The third-order valence-corrected chi connectivity index (χ3v) is 3.64. The standard InChI is InChI=1S/C16H13ClF4N2O3/c1-7(2)26-15(25)9-4-12(11(18)5-10(9)17)23-6-22-13(16(19,20)21)8(3)14(23)24/h4-7H,1-3H3. The third-order valence-electron chi connectivity index (χ3n) is 3.32. The molecule has 0 unspecified atom stereocenters. The van der Waals surface area contributed by atoms with Crippen LogP contribution in [0, 0.1) is 12.7 Å². The first-order chi connectivity index (χ1) is 11.9. The second-order valence-corrected chi connectivity index (χ2v) is 6.04. The van der Waals surface area contributed by atoms with Crippen molar-refractivity contribution in [2.75, 3.05) is 0 Å². The van der Waals surface area contributed by atoms with E-state index in [1.54, 1.807) is 13.8 Å². The van der Waals surface area contributed by atoms with Crippen LogP contribution in [0.2, 0.25) is 5.02 Å². The molecule has 2 aromatic rings. The Morgan fingerprint density at radius 1 is 1.31 bits per heavy atom. The van der Waals surface area contributed by atoms with Gasteiger partial charge in [-0.25, -0.2) is 14.2 Å². The summed E-state index contributed by atoms with van der Waals surface area (Å²) in [4.78, 5) is 27.5. The summed E-state index contributed by atoms with van der Waals surface area (Å²) < 4.78 is 58.3. The fraction of sp³-hybridized carbons (Fsp3) is 0.312. The Labute approximate surface area is 150 Å². The van der Waals surface area contributed by atoms with Gasteiger partial charge < -0.3 is 4.74 Å². The molecule has 0 N–H and O–H groups in total. The van der Waals surface area contributed by atoms with Crippen molar-refractivity contribution in [3.63, 3.8) is 0 Å². The Bertz CT molecular complexity index is 923. The Balaban J connectivity index is 2.65. The first-order valence-electron chi connectivity index (χ1n) is 7.29. The SMILES string of the molecule is Cc1c(C(F)(F)F)ncn(-c2cc(C(=O)OC(C)C)c(Cl)cc2F)c1=O. The van der Waals surface area contributed by atoms with Gasteiger partial charge in [0.15, 0.2) is 5.69 Å². The summed E-state index contributed by atoms with van der Waals surface area (Å²) in [6, 6.07) is 1.70. The molecule has 5 nitrogen and oxygen atoms in total. The Hall–Kier alpha value is -2.42. The number of aromatic nitrogens is 2. The van der Waals surface area contributed by atoms with Gasteiger partial charge >= 0.3 is 12.1 Å². The van der Waals surface area contributed by atoms with Crippen LogP contribution in [0.4, 0.5) is 17.6 Å². The minimum Gasteiger partial charge on any atom is -0.459 e. The van der Waals surface area contributed by atoms with Gasteiger partial charge in [0.1, 0.15) is 12.1 Å². The number of esters is 1. The Morgan fingerprint density at radius 3 is 2.46 bits per heavy atom. The maximum absolute atomic E-state index is 14.2. The van der Waals surface area contributed by atoms with Crippen LogP contribution in [-0.2, 0) is 10.9 Å². The Kier molecular flexibility index (Phi) is 5.41. The maximum Gasteiger partial charge on any atom is 0.433 e. The van der Waals surface area contributed by atoms with E-state index in [1.165, 1.54) is 0 Å². The van der Waals surface area contributed by atoms with Crippen molar-refractivity contribution in [1.29, 1.82) is 0 Å². The molecule has 0 amide bonds. The number of rotatable bonds is 3. The van der Waals surface area contributed by atoms with Crippen LogP contribution in [0.25, 0.3) is 5.69 Å². The molecule has 1 aromatic carbocycles. The van der Waals surface area contributed by atoms with Gasteiger partial charge in [-0.1, -0.05) is 11.6 Å². The molecule has 0 aliphatic carbocycles. The van der Waals surface area contributed by atoms with E-state index in [2.05, 4.69) is 4.98 Å². The normalized spacial score (nSPS) is 11.7. The molecule has 0 bridgehead atoms. The summed E-state index contributed by atoms with van der Waals surface area (Å²) in [5, 5.41) is -0.262. The van der Waals surface area contributed by atoms with Crippen LogP contribution in [0.1, 0.15) is 35.5 Å². The van der Waals surface area contributed by atoms with Gasteiger partial charge in [-0.2, -0.15) is 13.2 Å². The molecule has 0 fully saturated rings. The average Bonchev–Trinajstić information content (AvgIpc) is 2.48. The monoisotopic (exact) mass is 392 g/mol. The number of nitrogens with zero attached hydrogens (tertiary/aromatic N) is 2. The lowest BCUT2D eigenvalue weighted by atomic mass is 10.1. The van der Waals surface area contributed by atoms with Gasteiger partial charge in [0.05, 0.1) is 22.4 Å². The van der Waals surface area contributed by atoms with Crippen LogP contribution >= 0.6 is 11.6 Å². The summed E-state index contributed by atoms with van der Waals surface area (Å²) in [5.74, 6) is -1.88. The molecule has 0 radical (unpaired) electrons. The smallest absolute Gasteiger partial charge is 0.433 e. The highest BCUT2D eigenvalue weighted by Gasteiger charge is 2.36. The lowest BCUT2D eigenvalue weighted by Gasteiger charge is -2.14. The molecule has 2 rings (SSSR count). The van der Waals surface area contributed by atoms with Gasteiger partial charge in [-0.15, -0.1) is 0 Å². The van der Waals surface area contributed by atoms with Crippen molar-refractivity contribution < 1.29 is 27.1 Å². The maximum atomic E-state index is 14.2. The highest BCUT2D eigenvalue weighted by atomic mass is 35.5. The first kappa shape index (κ1) is 19.9. The van der Waals surface area contributed by atoms with E-state index in [1.807, 2.05) is 0 Å². The van der Waals surface area contributed by atoms with Crippen LogP contribution in [0.3, 0.4) is 0 Å². The zero-order valence-corrected chi connectivity index (χ0v) is 14.6. The summed E-state index contributed by atoms with van der Waals surface area (Å²) in [5.41, 5.74) is -3.91. The minimum absolute atomic E-state index is 0.235. The van der Waals surface area contributed by atoms with Gasteiger partial charge in [-0.05, 0) is 32.9 Å². The molecule has 1 aromatic heterocycles. The molecule has 0 saturated heterocycles. The van der Waals surface area contributed by atoms with Crippen molar-refractivity contribution in [3.05, 3.63) is 56.5 Å². The second kappa shape index (κ2) is 7.06. The lowest BCUT2D eigenvalue weighted by Crippen LogP contribution is -2.27. The first-order valence-corrected chi connectivity index (χ1v) is 7.67. The molecule has 0 saturated carbocycles. The fourth-order valence-corrected chi connectivity index (χ4v) is 2.39. The number of benzene rings is 1. The summed E-state index contributed by atoms with van der Waals surface area (Å²) >= 11 is 5.83. The van der Waals surface area contributed by atoms with E-state index in [4.69, 9.17) is 16.3 Å². The molecule has 0 atom stereocenters. The highest BCUT2D eigenvalue weighted by Crippen LogP contribution is 2.29. The van der Waals surface area contributed by atoms with E-state index >= 15 is 0 Å². The number of alkyl halides is 3. The summed E-state index contributed by atoms with van der Waals surface area (Å²) in [6.07, 6.45) is -4.76. The average molecular weight is 393 g/mol. The van der Waals surface area contributed by atoms with E-state index in [0.29, 0.717) is 10.9 Å². The van der Waals surface area contributed by atoms with E-state index in [0.717, 1.165) is 19.1 Å². The van der Waals surface area contributed by atoms with Crippen LogP contribution in [-0.4, -0.2) is 21.6 Å². The van der Waals surface area contributed by atoms with Crippen molar-refractivity contribution in [1.82, 2.24) is 9.55 Å². The molecule has 0 aliphatic rings. The number of carbonyl (C=O) groups is 1. The molecule has 0 aliphatic heterocycles. The number of carbonyl (C=O) groups excluding carboxylic acids is 1. The predicted molar refractivity (Wildman–Crippen MR) is 85.1 cm³/mol. The predicted octanol–water partition coefficient (Wildman–Crippen LogP) is 3.92. The van der Waals surface area contributed by atoms with Crippen molar-refractivity contribution in [2.45, 2.75) is 33.1 Å². The van der Waals surface area contributed by atoms with Crippen LogP contribution in [0.15, 0.2) is 23.3 Å². The van der Waals surface area contributed by atoms with Gasteiger partial charge in [0.25, 0.3) is 5.56 Å². The topological polar surface area (TPSA) is 61.2 Å². The van der Waals surface area contributed by atoms with Gasteiger partial charge in [0, 0.05) is 5.56 Å². The summed E-state index contributed by atoms with van der Waals surface area (Å²) in [6.45, 7) is 4.10. The number of halogens is 5. The van der Waals surface area contributed by atoms with Crippen molar-refractivity contribution in [2.24, 2.45) is 0 Å². The van der Waals surface area contributed by atoms with Gasteiger partial charge in [-0.3, -0.25) is 9.36 Å². The largest absolute Gasteiger partial charge is 0.459 e. The van der Waals surface area contributed by atoms with Crippen molar-refractivity contribution in [3.8, 4) is 5.69 Å². The van der Waals surface area contributed by atoms with Crippen LogP contribution < -0.4 is 5.56 Å². The highest BCUT2D eigenvalue weighted by molar-refractivity contribution is 6.33. The Morgan fingerprint density at radius 2 is 1.92 bits per heavy atom. The summed E-state index contributed by atoms with van der Waals surface area (Å²) in [7, 11) is 0. The number of ether oxygens (including phenoxy) is 1. The molecule has 1 heterocycles. The fourth-order valence-electron chi connectivity index (χ4n) is 2.16. The number of hydrogen-bond acceptors (Lipinski definition) is 4. The second-order valence-electron chi connectivity index (χ2n) is 5.63. The molecule has 140 valence electrons. The van der Waals surface area contributed by atoms with Crippen LogP contribution in [0.5, 0.6) is 0 Å². The molecule has 0 spiro atoms. The molecular formula is C16H13ClF4N2O3. The quantitative estimate of drug-likeness (QED) is 0.587. The van der Waals surface area contributed by atoms with E-state index < -0.39 is 46.6 Å². The lowest BCUT2D eigenvalue weighted by molar-refractivity contribution is -0.141. The third kappa shape index (κ3) is 3.87. The molecule has 10 heteroatoms. The van der Waals surface area contributed by atoms with Crippen molar-refractivity contribution >= 4 is 17.6 Å². The zero-order chi connectivity index (χ0) is 19.8.